The van der Waals surface area contributed by atoms with Crippen LogP contribution in [0, 0.1) is 19.7 Å². The van der Waals surface area contributed by atoms with E-state index in [4.69, 9.17) is 0 Å². The smallest absolute Gasteiger partial charge is 0.185 e. The molecule has 0 unspecified atom stereocenters. The average Bonchev–Trinajstić information content (AvgIpc) is 2.40. The maximum absolute atomic E-state index is 12.8. The third kappa shape index (κ3) is 3.38. The summed E-state index contributed by atoms with van der Waals surface area (Å²) in [5, 5.41) is 0. The Morgan fingerprint density at radius 2 is 1.74 bits per heavy atom. The van der Waals surface area contributed by atoms with Crippen LogP contribution < -0.4 is 0 Å². The van der Waals surface area contributed by atoms with Crippen molar-refractivity contribution < 1.29 is 9.18 Å². The summed E-state index contributed by atoms with van der Waals surface area (Å²) >= 11 is 0. The van der Waals surface area contributed by atoms with E-state index in [1.807, 2.05) is 32.0 Å². The van der Waals surface area contributed by atoms with E-state index in [2.05, 4.69) is 0 Å². The number of halogens is 1. The molecule has 0 radical (unpaired) electrons. The lowest BCUT2D eigenvalue weighted by atomic mass is 10.0. The van der Waals surface area contributed by atoms with Crippen LogP contribution in [-0.4, -0.2) is 5.78 Å². The van der Waals surface area contributed by atoms with E-state index >= 15 is 0 Å². The molecule has 0 aromatic heterocycles. The Hall–Kier alpha value is -2.22. The van der Waals surface area contributed by atoms with Crippen LogP contribution >= 0.6 is 0 Å². The molecule has 96 valence electrons. The fourth-order valence-electron chi connectivity index (χ4n) is 1.82. The lowest BCUT2D eigenvalue weighted by molar-refractivity contribution is 0.104. The van der Waals surface area contributed by atoms with Gasteiger partial charge in [-0.25, -0.2) is 4.39 Å². The van der Waals surface area contributed by atoms with Gasteiger partial charge in [-0.05, 0) is 55.3 Å². The van der Waals surface area contributed by atoms with Crippen LogP contribution in [0.1, 0.15) is 27.0 Å². The molecular weight excluding hydrogens is 239 g/mol. The van der Waals surface area contributed by atoms with E-state index in [0.717, 1.165) is 16.7 Å². The summed E-state index contributed by atoms with van der Waals surface area (Å²) in [5.74, 6) is -0.462. The van der Waals surface area contributed by atoms with Gasteiger partial charge in [0.25, 0.3) is 0 Å². The topological polar surface area (TPSA) is 17.1 Å². The van der Waals surface area contributed by atoms with Gasteiger partial charge in [0.1, 0.15) is 5.82 Å². The summed E-state index contributed by atoms with van der Waals surface area (Å²) in [6.45, 7) is 4.01. The zero-order chi connectivity index (χ0) is 13.8. The van der Waals surface area contributed by atoms with Gasteiger partial charge in [-0.2, -0.15) is 0 Å². The molecule has 0 saturated heterocycles. The van der Waals surface area contributed by atoms with Crippen LogP contribution in [0.2, 0.25) is 0 Å². The Morgan fingerprint density at radius 3 is 2.42 bits per heavy atom. The number of hydrogen-bond acceptors (Lipinski definition) is 1. The number of carbonyl (C=O) groups is 1. The third-order valence-electron chi connectivity index (χ3n) is 2.98. The first-order chi connectivity index (χ1) is 9.06. The van der Waals surface area contributed by atoms with Gasteiger partial charge in [-0.3, -0.25) is 4.79 Å². The van der Waals surface area contributed by atoms with Crippen LogP contribution in [-0.2, 0) is 0 Å². The zero-order valence-corrected chi connectivity index (χ0v) is 11.0. The predicted molar refractivity (Wildman–Crippen MR) is 75.7 cm³/mol. The van der Waals surface area contributed by atoms with Crippen molar-refractivity contribution in [1.29, 1.82) is 0 Å². The molecule has 0 aliphatic heterocycles. The molecule has 0 fully saturated rings. The summed E-state index contributed by atoms with van der Waals surface area (Å²) in [7, 11) is 0. The standard InChI is InChI=1S/C17H15FO/c1-12-3-4-13(2)15(11-12)7-10-17(19)14-5-8-16(18)9-6-14/h3-11H,1-2H3. The number of hydrogen-bond donors (Lipinski definition) is 0. The van der Waals surface area contributed by atoms with Gasteiger partial charge in [0.05, 0.1) is 0 Å². The first kappa shape index (κ1) is 13.2. The van der Waals surface area contributed by atoms with Gasteiger partial charge in [-0.15, -0.1) is 0 Å². The van der Waals surface area contributed by atoms with Crippen molar-refractivity contribution in [2.45, 2.75) is 13.8 Å². The minimum Gasteiger partial charge on any atom is -0.289 e. The van der Waals surface area contributed by atoms with E-state index < -0.39 is 0 Å². The number of benzene rings is 2. The third-order valence-corrected chi connectivity index (χ3v) is 2.98. The van der Waals surface area contributed by atoms with Crippen LogP contribution in [0.4, 0.5) is 4.39 Å². The molecule has 0 atom stereocenters. The molecule has 2 heteroatoms. The van der Waals surface area contributed by atoms with Gasteiger partial charge in [0.2, 0.25) is 0 Å². The predicted octanol–water partition coefficient (Wildman–Crippen LogP) is 4.34. The van der Waals surface area contributed by atoms with Crippen molar-refractivity contribution in [3.63, 3.8) is 0 Å². The fourth-order valence-corrected chi connectivity index (χ4v) is 1.82. The van der Waals surface area contributed by atoms with Crippen molar-refractivity contribution in [1.82, 2.24) is 0 Å². The second kappa shape index (κ2) is 5.61. The Bertz CT molecular complexity index is 624. The lowest BCUT2D eigenvalue weighted by Crippen LogP contribution is -1.94. The summed E-state index contributed by atoms with van der Waals surface area (Å²) in [6, 6.07) is 11.7. The van der Waals surface area contributed by atoms with Crippen LogP contribution in [0.3, 0.4) is 0 Å². The van der Waals surface area contributed by atoms with Crippen molar-refractivity contribution in [2.75, 3.05) is 0 Å². The van der Waals surface area contributed by atoms with Gasteiger partial charge in [0.15, 0.2) is 5.78 Å². The summed E-state index contributed by atoms with van der Waals surface area (Å²) in [5.41, 5.74) is 3.78. The SMILES string of the molecule is Cc1ccc(C)c(C=CC(=O)c2ccc(F)cc2)c1. The second-order valence-corrected chi connectivity index (χ2v) is 4.56. The van der Waals surface area contributed by atoms with E-state index in [-0.39, 0.29) is 11.6 Å². The monoisotopic (exact) mass is 254 g/mol. The fraction of sp³-hybridized carbons (Fsp3) is 0.118. The van der Waals surface area contributed by atoms with Gasteiger partial charge in [0, 0.05) is 5.56 Å². The molecule has 0 bridgehead atoms. The molecule has 0 heterocycles. The minimum absolute atomic E-state index is 0.124. The van der Waals surface area contributed by atoms with Crippen molar-refractivity contribution in [3.05, 3.63) is 76.6 Å². The van der Waals surface area contributed by atoms with Crippen molar-refractivity contribution >= 4 is 11.9 Å². The molecule has 0 N–H and O–H groups in total. The first-order valence-electron chi connectivity index (χ1n) is 6.11. The quantitative estimate of drug-likeness (QED) is 0.588. The Morgan fingerprint density at radius 1 is 1.05 bits per heavy atom. The van der Waals surface area contributed by atoms with E-state index in [1.54, 1.807) is 6.08 Å². The maximum atomic E-state index is 12.8. The van der Waals surface area contributed by atoms with E-state index in [9.17, 15) is 9.18 Å². The summed E-state index contributed by atoms with van der Waals surface area (Å²) < 4.78 is 12.8. The highest BCUT2D eigenvalue weighted by molar-refractivity contribution is 6.06. The molecule has 0 aliphatic rings. The molecular formula is C17H15FO. The molecule has 2 aromatic rings. The highest BCUT2D eigenvalue weighted by atomic mass is 19.1. The van der Waals surface area contributed by atoms with Crippen LogP contribution in [0.5, 0.6) is 0 Å². The van der Waals surface area contributed by atoms with Crippen molar-refractivity contribution in [2.24, 2.45) is 0 Å². The zero-order valence-electron chi connectivity index (χ0n) is 11.0. The molecule has 1 nitrogen and oxygen atoms in total. The summed E-state index contributed by atoms with van der Waals surface area (Å²) in [4.78, 5) is 11.9. The molecule has 0 saturated carbocycles. The van der Waals surface area contributed by atoms with Crippen LogP contribution in [0.15, 0.2) is 48.5 Å². The largest absolute Gasteiger partial charge is 0.289 e. The molecule has 0 aliphatic carbocycles. The molecule has 0 amide bonds. The molecule has 0 spiro atoms. The van der Waals surface area contributed by atoms with Crippen molar-refractivity contribution in [3.8, 4) is 0 Å². The Balaban J connectivity index is 2.20. The average molecular weight is 254 g/mol. The van der Waals surface area contributed by atoms with E-state index in [0.29, 0.717) is 5.56 Å². The highest BCUT2D eigenvalue weighted by Gasteiger charge is 2.02. The summed E-state index contributed by atoms with van der Waals surface area (Å²) in [6.07, 6.45) is 3.32. The second-order valence-electron chi connectivity index (χ2n) is 4.56. The maximum Gasteiger partial charge on any atom is 0.185 e. The highest BCUT2D eigenvalue weighted by Crippen LogP contribution is 2.13. The number of carbonyl (C=O) groups excluding carboxylic acids is 1. The Kier molecular flexibility index (Phi) is 3.91. The minimum atomic E-state index is -0.338. The molecule has 2 aromatic carbocycles. The lowest BCUT2D eigenvalue weighted by Gasteiger charge is -2.01. The van der Waals surface area contributed by atoms with E-state index in [1.165, 1.54) is 30.3 Å². The molecule has 2 rings (SSSR count). The molecule has 19 heavy (non-hydrogen) atoms. The number of rotatable bonds is 3. The number of ketones is 1. The Labute approximate surface area is 112 Å². The number of allylic oxidation sites excluding steroid dienone is 1. The number of aryl methyl sites for hydroxylation is 2. The van der Waals surface area contributed by atoms with Gasteiger partial charge < -0.3 is 0 Å². The van der Waals surface area contributed by atoms with Crippen LogP contribution in [0.25, 0.3) is 6.08 Å². The first-order valence-corrected chi connectivity index (χ1v) is 6.11. The normalized spacial score (nSPS) is 10.9. The van der Waals surface area contributed by atoms with Gasteiger partial charge in [-0.1, -0.05) is 29.8 Å². The van der Waals surface area contributed by atoms with Gasteiger partial charge >= 0.3 is 0 Å².